The third kappa shape index (κ3) is 6.65. The van der Waals surface area contributed by atoms with Crippen LogP contribution in [0.5, 0.6) is 5.75 Å². The van der Waals surface area contributed by atoms with Crippen molar-refractivity contribution < 1.29 is 27.4 Å². The summed E-state index contributed by atoms with van der Waals surface area (Å²) in [5, 5.41) is 2.90. The molecule has 0 bridgehead atoms. The summed E-state index contributed by atoms with van der Waals surface area (Å²) in [5.41, 5.74) is 2.40. The minimum absolute atomic E-state index is 0.0357. The van der Waals surface area contributed by atoms with Crippen LogP contribution in [-0.2, 0) is 22.3 Å². The van der Waals surface area contributed by atoms with Gasteiger partial charge in [0.15, 0.2) is 0 Å². The largest absolute Gasteiger partial charge is 0.489 e. The number of hydrogen-bond donors (Lipinski definition) is 0. The smallest absolute Gasteiger partial charge is 0.416 e. The molecule has 0 unspecified atom stereocenters. The monoisotopic (exact) mass is 457 g/mol. The van der Waals surface area contributed by atoms with Crippen LogP contribution in [0.15, 0.2) is 78.0 Å². The number of nitroso groups, excluding NO2 is 1. The van der Waals surface area contributed by atoms with Gasteiger partial charge in [-0.1, -0.05) is 47.6 Å². The van der Waals surface area contributed by atoms with Gasteiger partial charge in [0.2, 0.25) is 0 Å². The van der Waals surface area contributed by atoms with E-state index in [4.69, 9.17) is 4.74 Å². The summed E-state index contributed by atoms with van der Waals surface area (Å²) in [4.78, 5) is 22.2. The second kappa shape index (κ2) is 10.8. The van der Waals surface area contributed by atoms with Crippen molar-refractivity contribution in [2.45, 2.75) is 25.1 Å². The van der Waals surface area contributed by atoms with Gasteiger partial charge in [-0.25, -0.2) is 0 Å². The number of alkyl halides is 3. The Morgan fingerprint density at radius 2 is 1.67 bits per heavy atom. The Morgan fingerprint density at radius 3 is 2.27 bits per heavy atom. The molecule has 3 aromatic rings. The Morgan fingerprint density at radius 1 is 0.970 bits per heavy atom. The quantitative estimate of drug-likeness (QED) is 0.277. The summed E-state index contributed by atoms with van der Waals surface area (Å²) in [6.07, 6.45) is -4.31. The zero-order valence-corrected chi connectivity index (χ0v) is 17.8. The second-order valence-corrected chi connectivity index (χ2v) is 7.42. The van der Waals surface area contributed by atoms with Crippen molar-refractivity contribution in [1.82, 2.24) is 0 Å². The number of esters is 1. The van der Waals surface area contributed by atoms with E-state index in [9.17, 15) is 22.9 Å². The van der Waals surface area contributed by atoms with Gasteiger partial charge in [-0.05, 0) is 52.6 Å². The van der Waals surface area contributed by atoms with Crippen LogP contribution in [0, 0.1) is 4.91 Å². The van der Waals surface area contributed by atoms with E-state index in [0.29, 0.717) is 11.3 Å². The number of carbonyl (C=O) groups is 1. The maximum Gasteiger partial charge on any atom is 0.416 e. The Kier molecular flexibility index (Phi) is 7.82. The molecule has 0 saturated carbocycles. The van der Waals surface area contributed by atoms with E-state index >= 15 is 0 Å². The molecule has 0 fully saturated rings. The fraction of sp³-hybridized carbons (Fsp3) is 0.240. The lowest BCUT2D eigenvalue weighted by atomic mass is 9.96. The zero-order valence-electron chi connectivity index (χ0n) is 17.8. The second-order valence-electron chi connectivity index (χ2n) is 7.42. The molecule has 3 aromatic carbocycles. The van der Waals surface area contributed by atoms with E-state index in [0.717, 1.165) is 28.8 Å². The third-order valence-electron chi connectivity index (χ3n) is 5.17. The van der Waals surface area contributed by atoms with Crippen LogP contribution in [0.3, 0.4) is 0 Å². The summed E-state index contributed by atoms with van der Waals surface area (Å²) in [6, 6.07) is 19.4. The van der Waals surface area contributed by atoms with Crippen LogP contribution >= 0.6 is 0 Å². The molecular formula is C25H22F3NO4. The predicted molar refractivity (Wildman–Crippen MR) is 118 cm³/mol. The van der Waals surface area contributed by atoms with Gasteiger partial charge in [0, 0.05) is 5.92 Å². The molecule has 0 aromatic heterocycles. The van der Waals surface area contributed by atoms with Gasteiger partial charge in [-0.2, -0.15) is 18.1 Å². The number of methoxy groups -OCH3 is 1. The van der Waals surface area contributed by atoms with Gasteiger partial charge in [0.25, 0.3) is 0 Å². The number of nitrogens with zero attached hydrogens (tertiary/aromatic N) is 1. The first-order valence-corrected chi connectivity index (χ1v) is 10.2. The van der Waals surface area contributed by atoms with Crippen molar-refractivity contribution in [2.75, 3.05) is 13.7 Å². The number of rotatable bonds is 9. The third-order valence-corrected chi connectivity index (χ3v) is 5.17. The standard InChI is InChI=1S/C25H22F3NO4/c1-32-24(30)14-21(15-29-31)19-7-11-23(12-8-19)33-16-17-3-2-4-20(13-17)18-5-9-22(10-6-18)25(26,27)28/h2-13,21H,14-16H2,1H3/t21-/m1/s1. The molecule has 0 aliphatic heterocycles. The van der Waals surface area contributed by atoms with Crippen molar-refractivity contribution in [3.63, 3.8) is 0 Å². The fourth-order valence-electron chi connectivity index (χ4n) is 3.36. The van der Waals surface area contributed by atoms with Crippen LogP contribution < -0.4 is 4.74 Å². The number of carbonyl (C=O) groups excluding carboxylic acids is 1. The van der Waals surface area contributed by atoms with Crippen LogP contribution in [-0.4, -0.2) is 19.6 Å². The molecule has 8 heteroatoms. The van der Waals surface area contributed by atoms with Gasteiger partial charge >= 0.3 is 12.1 Å². The lowest BCUT2D eigenvalue weighted by Gasteiger charge is -2.14. The van der Waals surface area contributed by atoms with Crippen molar-refractivity contribution >= 4 is 5.97 Å². The number of hydrogen-bond acceptors (Lipinski definition) is 5. The van der Waals surface area contributed by atoms with Crippen molar-refractivity contribution in [3.05, 3.63) is 94.4 Å². The molecule has 0 N–H and O–H groups in total. The molecular weight excluding hydrogens is 435 g/mol. The molecule has 0 aliphatic rings. The molecule has 0 heterocycles. The summed E-state index contributed by atoms with van der Waals surface area (Å²) in [7, 11) is 1.29. The lowest BCUT2D eigenvalue weighted by molar-refractivity contribution is -0.141. The number of benzene rings is 3. The van der Waals surface area contributed by atoms with E-state index in [2.05, 4.69) is 9.91 Å². The highest BCUT2D eigenvalue weighted by Crippen LogP contribution is 2.31. The Balaban J connectivity index is 1.65. The van der Waals surface area contributed by atoms with E-state index in [1.807, 2.05) is 24.3 Å². The van der Waals surface area contributed by atoms with Crippen molar-refractivity contribution in [3.8, 4) is 16.9 Å². The first kappa shape index (κ1) is 24.0. The fourth-order valence-corrected chi connectivity index (χ4v) is 3.36. The molecule has 33 heavy (non-hydrogen) atoms. The zero-order chi connectivity index (χ0) is 23.8. The molecule has 172 valence electrons. The summed E-state index contributed by atoms with van der Waals surface area (Å²) in [6.45, 7) is 0.224. The van der Waals surface area contributed by atoms with E-state index in [1.165, 1.54) is 19.2 Å². The lowest BCUT2D eigenvalue weighted by Crippen LogP contribution is -2.11. The Hall–Kier alpha value is -3.68. The molecule has 0 aliphatic carbocycles. The molecule has 3 rings (SSSR count). The van der Waals surface area contributed by atoms with Crippen LogP contribution in [0.2, 0.25) is 0 Å². The molecule has 0 saturated heterocycles. The van der Waals surface area contributed by atoms with Gasteiger partial charge in [-0.3, -0.25) is 4.79 Å². The van der Waals surface area contributed by atoms with Gasteiger partial charge in [0.1, 0.15) is 12.4 Å². The molecule has 0 amide bonds. The Labute approximate surface area is 189 Å². The first-order valence-electron chi connectivity index (χ1n) is 10.2. The molecule has 0 spiro atoms. The van der Waals surface area contributed by atoms with Gasteiger partial charge in [0.05, 0.1) is 25.6 Å². The maximum absolute atomic E-state index is 12.8. The van der Waals surface area contributed by atoms with Crippen molar-refractivity contribution in [2.24, 2.45) is 5.18 Å². The summed E-state index contributed by atoms with van der Waals surface area (Å²) in [5.74, 6) is -0.198. The SMILES string of the molecule is COC(=O)C[C@H](CN=O)c1ccc(OCc2cccc(-c3ccc(C(F)(F)F)cc3)c2)cc1. The Bertz CT molecular complexity index is 1080. The van der Waals surface area contributed by atoms with E-state index in [1.54, 1.807) is 24.3 Å². The average molecular weight is 457 g/mol. The number of ether oxygens (including phenoxy) is 2. The van der Waals surface area contributed by atoms with E-state index in [-0.39, 0.29) is 25.5 Å². The predicted octanol–water partition coefficient (Wildman–Crippen LogP) is 6.36. The molecule has 0 radical (unpaired) electrons. The molecule has 5 nitrogen and oxygen atoms in total. The van der Waals surface area contributed by atoms with Gasteiger partial charge < -0.3 is 9.47 Å². The highest BCUT2D eigenvalue weighted by Gasteiger charge is 2.29. The normalized spacial score (nSPS) is 12.1. The first-order chi connectivity index (χ1) is 15.8. The summed E-state index contributed by atoms with van der Waals surface area (Å²) < 4.78 is 48.8. The topological polar surface area (TPSA) is 65.0 Å². The number of halogens is 3. The van der Waals surface area contributed by atoms with Crippen molar-refractivity contribution in [1.29, 1.82) is 0 Å². The van der Waals surface area contributed by atoms with Crippen LogP contribution in [0.25, 0.3) is 11.1 Å². The average Bonchev–Trinajstić information content (AvgIpc) is 2.82. The summed E-state index contributed by atoms with van der Waals surface area (Å²) >= 11 is 0. The minimum atomic E-state index is -4.37. The minimum Gasteiger partial charge on any atom is -0.489 e. The highest BCUT2D eigenvalue weighted by molar-refractivity contribution is 5.70. The van der Waals surface area contributed by atoms with Crippen LogP contribution in [0.4, 0.5) is 13.2 Å². The highest BCUT2D eigenvalue weighted by atomic mass is 19.4. The van der Waals surface area contributed by atoms with Crippen LogP contribution in [0.1, 0.15) is 29.0 Å². The van der Waals surface area contributed by atoms with Gasteiger partial charge in [-0.15, -0.1) is 0 Å². The maximum atomic E-state index is 12.8. The van der Waals surface area contributed by atoms with E-state index < -0.39 is 17.7 Å². The molecule has 1 atom stereocenters.